The van der Waals surface area contributed by atoms with Crippen molar-refractivity contribution in [2.24, 2.45) is 0 Å². The second kappa shape index (κ2) is 4.91. The first-order valence-corrected chi connectivity index (χ1v) is 6.83. The number of hydrogen-bond acceptors (Lipinski definition) is 4. The van der Waals surface area contributed by atoms with E-state index in [4.69, 9.17) is 9.52 Å². The number of aliphatic hydroxyl groups is 1. The van der Waals surface area contributed by atoms with Gasteiger partial charge >= 0.3 is 0 Å². The van der Waals surface area contributed by atoms with Crippen molar-refractivity contribution in [2.45, 2.75) is 17.3 Å². The Morgan fingerprint density at radius 3 is 2.22 bits per heavy atom. The van der Waals surface area contributed by atoms with E-state index in [1.54, 1.807) is 0 Å². The van der Waals surface area contributed by atoms with Gasteiger partial charge in [-0.05, 0) is 36.4 Å². The average Bonchev–Trinajstić information content (AvgIpc) is 2.76. The van der Waals surface area contributed by atoms with Gasteiger partial charge in [0.2, 0.25) is 0 Å². The lowest BCUT2D eigenvalue weighted by Gasteiger charge is -2.02. The molecule has 0 amide bonds. The molecule has 0 spiro atoms. The van der Waals surface area contributed by atoms with E-state index in [0.717, 1.165) is 12.1 Å². The van der Waals surface area contributed by atoms with Gasteiger partial charge in [-0.1, -0.05) is 0 Å². The van der Waals surface area contributed by atoms with Gasteiger partial charge < -0.3 is 9.52 Å². The van der Waals surface area contributed by atoms with Crippen LogP contribution >= 0.6 is 0 Å². The smallest absolute Gasteiger partial charge is 0.185 e. The summed E-state index contributed by atoms with van der Waals surface area (Å²) >= 11 is 0. The Morgan fingerprint density at radius 2 is 1.67 bits per heavy atom. The Labute approximate surface area is 104 Å². The van der Waals surface area contributed by atoms with E-state index in [1.165, 1.54) is 24.3 Å². The van der Waals surface area contributed by atoms with E-state index in [2.05, 4.69) is 0 Å². The molecular weight excluding hydrogens is 259 g/mol. The van der Waals surface area contributed by atoms with Crippen LogP contribution in [0.3, 0.4) is 0 Å². The summed E-state index contributed by atoms with van der Waals surface area (Å²) < 4.78 is 41.8. The molecular formula is C12H11FO4S. The molecule has 1 N–H and O–H groups in total. The summed E-state index contributed by atoms with van der Waals surface area (Å²) in [6.07, 6.45) is 0. The van der Waals surface area contributed by atoms with Crippen LogP contribution < -0.4 is 0 Å². The minimum absolute atomic E-state index is 0.0332. The van der Waals surface area contributed by atoms with Crippen molar-refractivity contribution < 1.29 is 22.3 Å². The Balaban J connectivity index is 2.24. The van der Waals surface area contributed by atoms with Gasteiger partial charge in [0.05, 0.1) is 4.90 Å². The van der Waals surface area contributed by atoms with Gasteiger partial charge in [-0.2, -0.15) is 0 Å². The highest BCUT2D eigenvalue weighted by Gasteiger charge is 2.17. The number of halogens is 1. The van der Waals surface area contributed by atoms with Crippen molar-refractivity contribution in [3.05, 3.63) is 53.7 Å². The number of sulfone groups is 1. The van der Waals surface area contributed by atoms with Crippen LogP contribution in [0, 0.1) is 5.82 Å². The predicted molar refractivity (Wildman–Crippen MR) is 61.9 cm³/mol. The summed E-state index contributed by atoms with van der Waals surface area (Å²) in [4.78, 5) is 0.0332. The Kier molecular flexibility index (Phi) is 3.49. The summed E-state index contributed by atoms with van der Waals surface area (Å²) in [6, 6.07) is 7.60. The number of hydrogen-bond donors (Lipinski definition) is 1. The molecule has 96 valence electrons. The normalized spacial score (nSPS) is 11.7. The maximum atomic E-state index is 12.7. The molecule has 18 heavy (non-hydrogen) atoms. The van der Waals surface area contributed by atoms with Crippen LogP contribution in [-0.2, 0) is 22.2 Å². The summed E-state index contributed by atoms with van der Waals surface area (Å²) in [5, 5.41) is 8.81. The summed E-state index contributed by atoms with van der Waals surface area (Å²) in [5.74, 6) is -0.268. The van der Waals surface area contributed by atoms with E-state index in [-0.39, 0.29) is 23.0 Å². The molecule has 6 heteroatoms. The minimum atomic E-state index is -3.57. The Morgan fingerprint density at radius 1 is 1.06 bits per heavy atom. The highest BCUT2D eigenvalue weighted by Crippen LogP contribution is 2.18. The number of benzene rings is 1. The number of furan rings is 1. The van der Waals surface area contributed by atoms with E-state index in [1.807, 2.05) is 0 Å². The topological polar surface area (TPSA) is 67.5 Å². The van der Waals surface area contributed by atoms with Crippen molar-refractivity contribution in [1.29, 1.82) is 0 Å². The van der Waals surface area contributed by atoms with Crippen LogP contribution in [0.4, 0.5) is 4.39 Å². The van der Waals surface area contributed by atoms with E-state index >= 15 is 0 Å². The van der Waals surface area contributed by atoms with Crippen LogP contribution in [0.1, 0.15) is 11.5 Å². The van der Waals surface area contributed by atoms with E-state index in [9.17, 15) is 12.8 Å². The molecule has 0 radical (unpaired) electrons. The third-order valence-corrected chi connectivity index (χ3v) is 4.03. The zero-order valence-electron chi connectivity index (χ0n) is 9.34. The second-order valence-electron chi connectivity index (χ2n) is 3.74. The minimum Gasteiger partial charge on any atom is -0.463 e. The summed E-state index contributed by atoms with van der Waals surface area (Å²) in [5.41, 5.74) is 0. The van der Waals surface area contributed by atoms with Crippen LogP contribution in [0.2, 0.25) is 0 Å². The first-order chi connectivity index (χ1) is 8.51. The van der Waals surface area contributed by atoms with Crippen LogP contribution in [0.5, 0.6) is 0 Å². The van der Waals surface area contributed by atoms with Crippen LogP contribution in [-0.4, -0.2) is 13.5 Å². The molecule has 0 bridgehead atoms. The molecule has 0 saturated heterocycles. The fourth-order valence-corrected chi connectivity index (χ4v) is 2.74. The van der Waals surface area contributed by atoms with Gasteiger partial charge in [-0.15, -0.1) is 0 Å². The number of rotatable bonds is 4. The van der Waals surface area contributed by atoms with Crippen molar-refractivity contribution in [1.82, 2.24) is 0 Å². The predicted octanol–water partition coefficient (Wildman–Crippen LogP) is 1.88. The number of aliphatic hydroxyl groups excluding tert-OH is 1. The first-order valence-electron chi connectivity index (χ1n) is 5.18. The fourth-order valence-electron chi connectivity index (χ4n) is 1.50. The maximum absolute atomic E-state index is 12.7. The molecule has 0 atom stereocenters. The summed E-state index contributed by atoms with van der Waals surface area (Å²) in [6.45, 7) is -0.281. The fraction of sp³-hybridized carbons (Fsp3) is 0.167. The van der Waals surface area contributed by atoms with Crippen molar-refractivity contribution in [3.8, 4) is 0 Å². The lowest BCUT2D eigenvalue weighted by Crippen LogP contribution is -2.04. The molecule has 2 rings (SSSR count). The lowest BCUT2D eigenvalue weighted by molar-refractivity contribution is 0.244. The van der Waals surface area contributed by atoms with Gasteiger partial charge in [0.25, 0.3) is 0 Å². The quantitative estimate of drug-likeness (QED) is 0.861. The summed E-state index contributed by atoms with van der Waals surface area (Å²) in [7, 11) is -3.57. The second-order valence-corrected chi connectivity index (χ2v) is 5.73. The molecule has 1 aromatic carbocycles. The zero-order chi connectivity index (χ0) is 13.2. The third kappa shape index (κ3) is 2.77. The largest absolute Gasteiger partial charge is 0.463 e. The standard InChI is InChI=1S/C12H11FO4S/c13-9-1-5-12(6-2-9)18(15,16)8-11-4-3-10(7-14)17-11/h1-6,14H,7-8H2. The van der Waals surface area contributed by atoms with Crippen molar-refractivity contribution >= 4 is 9.84 Å². The molecule has 2 aromatic rings. The Hall–Kier alpha value is -1.66. The molecule has 0 aliphatic rings. The molecule has 0 aliphatic heterocycles. The molecule has 4 nitrogen and oxygen atoms in total. The van der Waals surface area contributed by atoms with E-state index < -0.39 is 15.7 Å². The van der Waals surface area contributed by atoms with Crippen LogP contribution in [0.15, 0.2) is 45.7 Å². The van der Waals surface area contributed by atoms with Crippen molar-refractivity contribution in [3.63, 3.8) is 0 Å². The highest BCUT2D eigenvalue weighted by molar-refractivity contribution is 7.90. The zero-order valence-corrected chi connectivity index (χ0v) is 10.2. The Bertz CT molecular complexity index is 628. The van der Waals surface area contributed by atoms with Gasteiger partial charge in [0.1, 0.15) is 29.7 Å². The average molecular weight is 270 g/mol. The first kappa shape index (κ1) is 12.8. The molecule has 0 fully saturated rings. The monoisotopic (exact) mass is 270 g/mol. The molecule has 1 aromatic heterocycles. The third-order valence-electron chi connectivity index (χ3n) is 2.38. The van der Waals surface area contributed by atoms with E-state index in [0.29, 0.717) is 5.76 Å². The van der Waals surface area contributed by atoms with Crippen molar-refractivity contribution in [2.75, 3.05) is 0 Å². The van der Waals surface area contributed by atoms with Gasteiger partial charge in [0.15, 0.2) is 9.84 Å². The molecule has 0 saturated carbocycles. The highest BCUT2D eigenvalue weighted by atomic mass is 32.2. The van der Waals surface area contributed by atoms with Crippen LogP contribution in [0.25, 0.3) is 0 Å². The SMILES string of the molecule is O=S(=O)(Cc1ccc(CO)o1)c1ccc(F)cc1. The lowest BCUT2D eigenvalue weighted by atomic mass is 10.4. The van der Waals surface area contributed by atoms with Gasteiger partial charge in [0, 0.05) is 0 Å². The molecule has 0 unspecified atom stereocenters. The molecule has 1 heterocycles. The maximum Gasteiger partial charge on any atom is 0.185 e. The van der Waals surface area contributed by atoms with Gasteiger partial charge in [-0.25, -0.2) is 12.8 Å². The van der Waals surface area contributed by atoms with Gasteiger partial charge in [-0.3, -0.25) is 0 Å². The molecule has 0 aliphatic carbocycles.